The molecule has 6 nitrogen and oxygen atoms in total. The average molecular weight is 274 g/mol. The van der Waals surface area contributed by atoms with Crippen LogP contribution in [0.15, 0.2) is 28.8 Å². The third-order valence-electron chi connectivity index (χ3n) is 2.89. The number of carbonyl (C=O) groups excluding carboxylic acids is 1. The van der Waals surface area contributed by atoms with E-state index in [1.807, 2.05) is 0 Å². The van der Waals surface area contributed by atoms with Crippen LogP contribution in [0.1, 0.15) is 37.7 Å². The maximum atomic E-state index is 12.0. The summed E-state index contributed by atoms with van der Waals surface area (Å²) in [6.07, 6.45) is 0. The molecule has 1 heterocycles. The van der Waals surface area contributed by atoms with Crippen molar-refractivity contribution in [3.63, 3.8) is 0 Å². The molecule has 1 amide bonds. The second kappa shape index (κ2) is 5.56. The summed E-state index contributed by atoms with van der Waals surface area (Å²) in [6, 6.07) is 6.42. The largest absolute Gasteiger partial charge is 0.478 e. The van der Waals surface area contributed by atoms with Gasteiger partial charge in [-0.25, -0.2) is 4.79 Å². The number of carboxylic acids is 1. The van der Waals surface area contributed by atoms with E-state index in [1.165, 1.54) is 12.1 Å². The summed E-state index contributed by atoms with van der Waals surface area (Å²) in [6.45, 7) is 3.60. The van der Waals surface area contributed by atoms with Crippen molar-refractivity contribution in [2.75, 3.05) is 0 Å². The SMILES string of the molecule is Cc1noc(C)c1C(=O)NCc1cccc(C(=O)O)c1. The monoisotopic (exact) mass is 274 g/mol. The van der Waals surface area contributed by atoms with Gasteiger partial charge < -0.3 is 14.9 Å². The second-order valence-corrected chi connectivity index (χ2v) is 4.39. The van der Waals surface area contributed by atoms with Crippen molar-refractivity contribution in [3.8, 4) is 0 Å². The number of nitrogens with zero attached hydrogens (tertiary/aromatic N) is 1. The van der Waals surface area contributed by atoms with Crippen molar-refractivity contribution in [2.45, 2.75) is 20.4 Å². The predicted molar refractivity (Wildman–Crippen MR) is 70.5 cm³/mol. The van der Waals surface area contributed by atoms with Gasteiger partial charge >= 0.3 is 5.97 Å². The van der Waals surface area contributed by atoms with Gasteiger partial charge in [0, 0.05) is 6.54 Å². The molecule has 0 bridgehead atoms. The third-order valence-corrected chi connectivity index (χ3v) is 2.89. The van der Waals surface area contributed by atoms with Crippen molar-refractivity contribution in [1.82, 2.24) is 10.5 Å². The van der Waals surface area contributed by atoms with Gasteiger partial charge in [-0.1, -0.05) is 17.3 Å². The Morgan fingerprint density at radius 2 is 2.10 bits per heavy atom. The highest BCUT2D eigenvalue weighted by Crippen LogP contribution is 2.12. The summed E-state index contributed by atoms with van der Waals surface area (Å²) in [4.78, 5) is 22.9. The fraction of sp³-hybridized carbons (Fsp3) is 0.214. The van der Waals surface area contributed by atoms with Crippen LogP contribution in [0, 0.1) is 13.8 Å². The van der Waals surface area contributed by atoms with E-state index in [1.54, 1.807) is 26.0 Å². The van der Waals surface area contributed by atoms with Gasteiger partial charge in [-0.3, -0.25) is 4.79 Å². The van der Waals surface area contributed by atoms with Gasteiger partial charge in [0.15, 0.2) is 0 Å². The first kappa shape index (κ1) is 13.8. The van der Waals surface area contributed by atoms with Crippen LogP contribution >= 0.6 is 0 Å². The summed E-state index contributed by atoms with van der Waals surface area (Å²) in [5.41, 5.74) is 1.85. The summed E-state index contributed by atoms with van der Waals surface area (Å²) in [5, 5.41) is 15.3. The second-order valence-electron chi connectivity index (χ2n) is 4.39. The van der Waals surface area contributed by atoms with Crippen LogP contribution in [-0.4, -0.2) is 22.1 Å². The van der Waals surface area contributed by atoms with Crippen LogP contribution in [-0.2, 0) is 6.54 Å². The fourth-order valence-corrected chi connectivity index (χ4v) is 1.89. The smallest absolute Gasteiger partial charge is 0.335 e. The van der Waals surface area contributed by atoms with Gasteiger partial charge in [0.2, 0.25) is 0 Å². The van der Waals surface area contributed by atoms with Crippen molar-refractivity contribution >= 4 is 11.9 Å². The normalized spacial score (nSPS) is 10.3. The zero-order valence-electron chi connectivity index (χ0n) is 11.1. The lowest BCUT2D eigenvalue weighted by molar-refractivity contribution is 0.0696. The van der Waals surface area contributed by atoms with Gasteiger partial charge in [0.05, 0.1) is 11.3 Å². The minimum absolute atomic E-state index is 0.189. The quantitative estimate of drug-likeness (QED) is 0.888. The highest BCUT2D eigenvalue weighted by atomic mass is 16.5. The molecule has 2 aromatic rings. The van der Waals surface area contributed by atoms with Crippen molar-refractivity contribution < 1.29 is 19.2 Å². The van der Waals surface area contributed by atoms with E-state index < -0.39 is 5.97 Å². The lowest BCUT2D eigenvalue weighted by atomic mass is 10.1. The van der Waals surface area contributed by atoms with E-state index in [0.29, 0.717) is 22.6 Å². The van der Waals surface area contributed by atoms with Crippen LogP contribution in [0.4, 0.5) is 0 Å². The molecular formula is C14H14N2O4. The van der Waals surface area contributed by atoms with Gasteiger partial charge in [-0.2, -0.15) is 0 Å². The molecule has 0 aliphatic heterocycles. The average Bonchev–Trinajstić information content (AvgIpc) is 2.76. The molecule has 0 spiro atoms. The Morgan fingerprint density at radius 3 is 2.70 bits per heavy atom. The molecule has 20 heavy (non-hydrogen) atoms. The number of hydrogen-bond acceptors (Lipinski definition) is 4. The molecular weight excluding hydrogens is 260 g/mol. The Kier molecular flexibility index (Phi) is 3.84. The van der Waals surface area contributed by atoms with E-state index >= 15 is 0 Å². The molecule has 2 rings (SSSR count). The molecule has 1 aromatic carbocycles. The predicted octanol–water partition coefficient (Wildman–Crippen LogP) is 1.92. The summed E-state index contributed by atoms with van der Waals surface area (Å²) in [5.74, 6) is -0.829. The Bertz CT molecular complexity index is 641. The minimum Gasteiger partial charge on any atom is -0.478 e. The van der Waals surface area contributed by atoms with Crippen LogP contribution in [0.5, 0.6) is 0 Å². The topological polar surface area (TPSA) is 92.4 Å². The Labute approximate surface area is 115 Å². The molecule has 0 atom stereocenters. The Hall–Kier alpha value is -2.63. The van der Waals surface area contributed by atoms with Crippen molar-refractivity contribution in [2.24, 2.45) is 0 Å². The molecule has 0 saturated heterocycles. The van der Waals surface area contributed by atoms with Crippen LogP contribution in [0.2, 0.25) is 0 Å². The maximum Gasteiger partial charge on any atom is 0.335 e. The Morgan fingerprint density at radius 1 is 1.35 bits per heavy atom. The zero-order chi connectivity index (χ0) is 14.7. The van der Waals surface area contributed by atoms with E-state index in [0.717, 1.165) is 0 Å². The molecule has 0 aliphatic rings. The number of aromatic carboxylic acids is 1. The molecule has 104 valence electrons. The number of carboxylic acid groups (broad SMARTS) is 1. The highest BCUT2D eigenvalue weighted by Gasteiger charge is 2.17. The maximum absolute atomic E-state index is 12.0. The molecule has 0 fully saturated rings. The van der Waals surface area contributed by atoms with Crippen molar-refractivity contribution in [1.29, 1.82) is 0 Å². The van der Waals surface area contributed by atoms with Crippen molar-refractivity contribution in [3.05, 3.63) is 52.4 Å². The zero-order valence-corrected chi connectivity index (χ0v) is 11.1. The number of nitrogens with one attached hydrogen (secondary N) is 1. The van der Waals surface area contributed by atoms with E-state index in [-0.39, 0.29) is 18.0 Å². The van der Waals surface area contributed by atoms with Gasteiger partial charge in [0.1, 0.15) is 11.3 Å². The van der Waals surface area contributed by atoms with E-state index in [9.17, 15) is 9.59 Å². The van der Waals surface area contributed by atoms with Crippen LogP contribution < -0.4 is 5.32 Å². The first-order valence-electron chi connectivity index (χ1n) is 6.02. The molecule has 2 N–H and O–H groups in total. The number of aryl methyl sites for hydroxylation is 2. The number of amides is 1. The molecule has 0 radical (unpaired) electrons. The van der Waals surface area contributed by atoms with Gasteiger partial charge in [-0.15, -0.1) is 0 Å². The number of aromatic nitrogens is 1. The first-order valence-corrected chi connectivity index (χ1v) is 6.02. The highest BCUT2D eigenvalue weighted by molar-refractivity contribution is 5.96. The number of rotatable bonds is 4. The summed E-state index contributed by atoms with van der Waals surface area (Å²) in [7, 11) is 0. The molecule has 6 heteroatoms. The molecule has 1 aromatic heterocycles. The summed E-state index contributed by atoms with van der Waals surface area (Å²) >= 11 is 0. The van der Waals surface area contributed by atoms with Crippen LogP contribution in [0.25, 0.3) is 0 Å². The lowest BCUT2D eigenvalue weighted by Gasteiger charge is -2.05. The summed E-state index contributed by atoms with van der Waals surface area (Å²) < 4.78 is 4.93. The number of benzene rings is 1. The number of hydrogen-bond donors (Lipinski definition) is 2. The lowest BCUT2D eigenvalue weighted by Crippen LogP contribution is -2.23. The third kappa shape index (κ3) is 2.85. The Balaban J connectivity index is 2.07. The van der Waals surface area contributed by atoms with E-state index in [2.05, 4.69) is 10.5 Å². The standard InChI is InChI=1S/C14H14N2O4/c1-8-12(9(2)20-16-8)13(17)15-7-10-4-3-5-11(6-10)14(18)19/h3-6H,7H2,1-2H3,(H,15,17)(H,18,19). The minimum atomic E-state index is -0.996. The molecule has 0 aliphatic carbocycles. The van der Waals surface area contributed by atoms with Crippen LogP contribution in [0.3, 0.4) is 0 Å². The number of carbonyl (C=O) groups is 2. The van der Waals surface area contributed by atoms with Gasteiger partial charge in [-0.05, 0) is 31.5 Å². The molecule has 0 unspecified atom stereocenters. The fourth-order valence-electron chi connectivity index (χ4n) is 1.89. The molecule has 0 saturated carbocycles. The van der Waals surface area contributed by atoms with E-state index in [4.69, 9.17) is 9.63 Å². The van der Waals surface area contributed by atoms with Gasteiger partial charge in [0.25, 0.3) is 5.91 Å². The first-order chi connectivity index (χ1) is 9.49.